The number of pyridine rings is 1. The SMILES string of the molecule is COCOc1cc(CN2CCNC2=N[N+](=O)[O-])cnc1Cl. The number of nitrogens with one attached hydrogen (secondary N) is 1. The molecule has 0 bridgehead atoms. The lowest BCUT2D eigenvalue weighted by atomic mass is 10.2. The lowest BCUT2D eigenvalue weighted by Crippen LogP contribution is -2.30. The van der Waals surface area contributed by atoms with Crippen molar-refractivity contribution < 1.29 is 14.5 Å². The predicted octanol–water partition coefficient (Wildman–Crippen LogP) is 0.671. The molecule has 0 radical (unpaired) electrons. The minimum absolute atomic E-state index is 0.0597. The number of halogens is 1. The summed E-state index contributed by atoms with van der Waals surface area (Å²) in [7, 11) is 1.50. The summed E-state index contributed by atoms with van der Waals surface area (Å²) in [6.07, 6.45) is 1.59. The summed E-state index contributed by atoms with van der Waals surface area (Å²) in [5.41, 5.74) is 0.797. The summed E-state index contributed by atoms with van der Waals surface area (Å²) in [5, 5.41) is 16.1. The summed E-state index contributed by atoms with van der Waals surface area (Å²) in [5.74, 6) is 0.630. The van der Waals surface area contributed by atoms with E-state index in [0.29, 0.717) is 25.4 Å². The monoisotopic (exact) mass is 315 g/mol. The van der Waals surface area contributed by atoms with Gasteiger partial charge < -0.3 is 19.7 Å². The van der Waals surface area contributed by atoms with E-state index in [4.69, 9.17) is 21.1 Å². The summed E-state index contributed by atoms with van der Waals surface area (Å²) >= 11 is 5.92. The average molecular weight is 316 g/mol. The lowest BCUT2D eigenvalue weighted by molar-refractivity contribution is -0.485. The van der Waals surface area contributed by atoms with Crippen molar-refractivity contribution in [3.05, 3.63) is 33.1 Å². The summed E-state index contributed by atoms with van der Waals surface area (Å²) in [6.45, 7) is 1.68. The molecule has 1 fully saturated rings. The van der Waals surface area contributed by atoms with Gasteiger partial charge in [0.1, 0.15) is 5.10 Å². The molecule has 1 aliphatic rings. The molecule has 2 heterocycles. The fourth-order valence-corrected chi connectivity index (χ4v) is 2.01. The van der Waals surface area contributed by atoms with Gasteiger partial charge in [-0.2, -0.15) is 0 Å². The fraction of sp³-hybridized carbons (Fsp3) is 0.455. The van der Waals surface area contributed by atoms with Crippen LogP contribution < -0.4 is 10.1 Å². The van der Waals surface area contributed by atoms with Gasteiger partial charge in [0.15, 0.2) is 22.7 Å². The van der Waals surface area contributed by atoms with E-state index in [1.165, 1.54) is 7.11 Å². The van der Waals surface area contributed by atoms with E-state index in [0.717, 1.165) is 5.56 Å². The first-order chi connectivity index (χ1) is 10.1. The zero-order valence-electron chi connectivity index (χ0n) is 11.3. The van der Waals surface area contributed by atoms with Gasteiger partial charge in [-0.25, -0.2) is 15.1 Å². The number of nitro groups is 1. The van der Waals surface area contributed by atoms with E-state index in [2.05, 4.69) is 15.4 Å². The quantitative estimate of drug-likeness (QED) is 0.356. The molecule has 1 aromatic heterocycles. The fourth-order valence-electron chi connectivity index (χ4n) is 1.85. The molecule has 114 valence electrons. The van der Waals surface area contributed by atoms with Crippen LogP contribution in [0.1, 0.15) is 5.56 Å². The molecule has 1 saturated heterocycles. The van der Waals surface area contributed by atoms with Gasteiger partial charge in [-0.05, 0) is 11.6 Å². The highest BCUT2D eigenvalue weighted by Crippen LogP contribution is 2.23. The van der Waals surface area contributed by atoms with Crippen LogP contribution in [0.2, 0.25) is 5.15 Å². The predicted molar refractivity (Wildman–Crippen MR) is 74.6 cm³/mol. The van der Waals surface area contributed by atoms with Gasteiger partial charge in [0.25, 0.3) is 5.96 Å². The summed E-state index contributed by atoms with van der Waals surface area (Å²) in [4.78, 5) is 16.2. The molecule has 0 aromatic carbocycles. The number of methoxy groups -OCH3 is 1. The Bertz CT molecular complexity index is 553. The Morgan fingerprint density at radius 3 is 3.19 bits per heavy atom. The summed E-state index contributed by atoms with van der Waals surface area (Å²) in [6, 6.07) is 1.72. The first kappa shape index (κ1) is 15.3. The summed E-state index contributed by atoms with van der Waals surface area (Å²) < 4.78 is 10.1. The van der Waals surface area contributed by atoms with E-state index in [-0.39, 0.29) is 17.9 Å². The topological polar surface area (TPSA) is 102 Å². The van der Waals surface area contributed by atoms with Crippen molar-refractivity contribution in [1.29, 1.82) is 0 Å². The largest absolute Gasteiger partial charge is 0.464 e. The first-order valence-electron chi connectivity index (χ1n) is 6.08. The van der Waals surface area contributed by atoms with Gasteiger partial charge in [0.05, 0.1) is 0 Å². The molecule has 21 heavy (non-hydrogen) atoms. The van der Waals surface area contributed by atoms with Crippen molar-refractivity contribution in [2.45, 2.75) is 6.54 Å². The van der Waals surface area contributed by atoms with Crippen molar-refractivity contribution in [3.8, 4) is 5.75 Å². The molecule has 10 heteroatoms. The Hall–Kier alpha value is -2.13. The molecule has 0 amide bonds. The Labute approximate surface area is 125 Å². The van der Waals surface area contributed by atoms with Crippen LogP contribution in [-0.4, -0.2) is 47.9 Å². The molecule has 1 N–H and O–H groups in total. The highest BCUT2D eigenvalue weighted by molar-refractivity contribution is 6.30. The van der Waals surface area contributed by atoms with Gasteiger partial charge in [-0.1, -0.05) is 11.6 Å². The zero-order chi connectivity index (χ0) is 15.2. The van der Waals surface area contributed by atoms with E-state index in [9.17, 15) is 10.1 Å². The van der Waals surface area contributed by atoms with E-state index >= 15 is 0 Å². The van der Waals surface area contributed by atoms with Crippen molar-refractivity contribution >= 4 is 17.6 Å². The highest BCUT2D eigenvalue weighted by Gasteiger charge is 2.22. The maximum absolute atomic E-state index is 10.5. The molecule has 0 aliphatic carbocycles. The molecule has 0 unspecified atom stereocenters. The number of hydrazone groups is 1. The Balaban J connectivity index is 2.10. The van der Waals surface area contributed by atoms with Crippen LogP contribution in [0.15, 0.2) is 17.4 Å². The second kappa shape index (κ2) is 7.04. The number of guanidine groups is 1. The molecule has 2 rings (SSSR count). The van der Waals surface area contributed by atoms with Crippen molar-refractivity contribution in [2.75, 3.05) is 27.0 Å². The maximum Gasteiger partial charge on any atom is 0.271 e. The third-order valence-electron chi connectivity index (χ3n) is 2.71. The molecule has 0 saturated carbocycles. The highest BCUT2D eigenvalue weighted by atomic mass is 35.5. The third-order valence-corrected chi connectivity index (χ3v) is 2.99. The second-order valence-electron chi connectivity index (χ2n) is 4.19. The van der Waals surface area contributed by atoms with Crippen LogP contribution in [0.4, 0.5) is 0 Å². The van der Waals surface area contributed by atoms with Crippen LogP contribution in [0.5, 0.6) is 5.75 Å². The number of ether oxygens (including phenoxy) is 2. The minimum Gasteiger partial charge on any atom is -0.464 e. The number of nitrogens with zero attached hydrogens (tertiary/aromatic N) is 4. The van der Waals surface area contributed by atoms with Gasteiger partial charge >= 0.3 is 0 Å². The smallest absolute Gasteiger partial charge is 0.271 e. The van der Waals surface area contributed by atoms with Crippen LogP contribution in [0.3, 0.4) is 0 Å². The molecular weight excluding hydrogens is 302 g/mol. The van der Waals surface area contributed by atoms with Gasteiger partial charge in [0.2, 0.25) is 0 Å². The van der Waals surface area contributed by atoms with Gasteiger partial charge in [-0.15, -0.1) is 0 Å². The van der Waals surface area contributed by atoms with Gasteiger partial charge in [-0.3, -0.25) is 0 Å². The average Bonchev–Trinajstić information content (AvgIpc) is 2.86. The number of aromatic nitrogens is 1. The standard InChI is InChI=1S/C11H14ClN5O4/c1-20-7-21-9-4-8(5-14-10(9)12)6-16-3-2-13-11(16)15-17(18)19/h4-5H,2-3,6-7H2,1H3,(H,13,15). The van der Waals surface area contributed by atoms with Crippen molar-refractivity contribution in [2.24, 2.45) is 5.10 Å². The van der Waals surface area contributed by atoms with Crippen molar-refractivity contribution in [3.63, 3.8) is 0 Å². The molecule has 1 aromatic rings. The van der Waals surface area contributed by atoms with E-state index in [1.807, 2.05) is 0 Å². The molecule has 0 atom stereocenters. The zero-order valence-corrected chi connectivity index (χ0v) is 12.0. The Morgan fingerprint density at radius 2 is 2.48 bits per heavy atom. The third kappa shape index (κ3) is 4.17. The molecular formula is C11H14ClN5O4. The minimum atomic E-state index is -0.728. The Morgan fingerprint density at radius 1 is 1.67 bits per heavy atom. The number of hydrogen-bond donors (Lipinski definition) is 1. The van der Waals surface area contributed by atoms with E-state index in [1.54, 1.807) is 17.2 Å². The Kier molecular flexibility index (Phi) is 5.12. The molecule has 9 nitrogen and oxygen atoms in total. The van der Waals surface area contributed by atoms with Crippen LogP contribution in [0.25, 0.3) is 0 Å². The normalized spacial score (nSPS) is 16.1. The van der Waals surface area contributed by atoms with E-state index < -0.39 is 5.03 Å². The van der Waals surface area contributed by atoms with Crippen LogP contribution in [-0.2, 0) is 11.3 Å². The maximum atomic E-state index is 10.5. The van der Waals surface area contributed by atoms with Crippen molar-refractivity contribution in [1.82, 2.24) is 15.2 Å². The van der Waals surface area contributed by atoms with Gasteiger partial charge in [0, 0.05) is 32.9 Å². The first-order valence-corrected chi connectivity index (χ1v) is 6.46. The second-order valence-corrected chi connectivity index (χ2v) is 4.55. The molecule has 0 spiro atoms. The number of rotatable bonds is 6. The van der Waals surface area contributed by atoms with Crippen LogP contribution in [0, 0.1) is 10.1 Å². The number of hydrogen-bond acceptors (Lipinski definition) is 5. The van der Waals surface area contributed by atoms with Crippen LogP contribution >= 0.6 is 11.6 Å². The lowest BCUT2D eigenvalue weighted by Gasteiger charge is -2.16. The molecule has 1 aliphatic heterocycles.